The number of nitrogens with zero attached hydrogens (tertiary/aromatic N) is 5. The van der Waals surface area contributed by atoms with Gasteiger partial charge in [-0.05, 0) is 55.2 Å². The Balaban J connectivity index is 1.44. The summed E-state index contributed by atoms with van der Waals surface area (Å²) in [6, 6.07) is 14.5. The fourth-order valence-corrected chi connectivity index (χ4v) is 4.60. The summed E-state index contributed by atoms with van der Waals surface area (Å²) in [5.41, 5.74) is 3.05. The van der Waals surface area contributed by atoms with E-state index in [4.69, 9.17) is 29.3 Å². The van der Waals surface area contributed by atoms with Crippen molar-refractivity contribution >= 4 is 11.5 Å². The van der Waals surface area contributed by atoms with Crippen LogP contribution in [0.3, 0.4) is 0 Å². The smallest absolute Gasteiger partial charge is 0.198 e. The minimum Gasteiger partial charge on any atom is -0.497 e. The van der Waals surface area contributed by atoms with E-state index in [1.807, 2.05) is 48.0 Å². The Kier molecular flexibility index (Phi) is 6.20. The third-order valence-electron chi connectivity index (χ3n) is 6.15. The molecular formula is C26H29N5O3. The molecule has 0 amide bonds. The molecule has 5 rings (SSSR count). The van der Waals surface area contributed by atoms with Crippen LogP contribution in [-0.4, -0.2) is 47.0 Å². The standard InChI is InChI=1S/C26H29N5O3/c1-4-34-20-9-7-19(8-10-20)23-6-5-12-30(23)25-26-28-24(29-31(26)13-11-27-25)16-18-14-21(32-2)17-22(15-18)33-3/h7-11,13-15,17,23H,4-6,12,16H2,1-3H3. The predicted octanol–water partition coefficient (Wildman–Crippen LogP) is 4.47. The van der Waals surface area contributed by atoms with Gasteiger partial charge in [0.1, 0.15) is 17.2 Å². The van der Waals surface area contributed by atoms with Crippen LogP contribution in [0.25, 0.3) is 5.65 Å². The van der Waals surface area contributed by atoms with Gasteiger partial charge in [-0.3, -0.25) is 0 Å². The summed E-state index contributed by atoms with van der Waals surface area (Å²) in [4.78, 5) is 11.9. The van der Waals surface area contributed by atoms with E-state index in [9.17, 15) is 0 Å². The molecule has 1 unspecified atom stereocenters. The molecule has 176 valence electrons. The van der Waals surface area contributed by atoms with E-state index < -0.39 is 0 Å². The van der Waals surface area contributed by atoms with Crippen LogP contribution in [0.2, 0.25) is 0 Å². The molecule has 1 atom stereocenters. The molecule has 2 aromatic heterocycles. The summed E-state index contributed by atoms with van der Waals surface area (Å²) < 4.78 is 18.2. The summed E-state index contributed by atoms with van der Waals surface area (Å²) >= 11 is 0. The third-order valence-corrected chi connectivity index (χ3v) is 6.15. The molecule has 1 aliphatic heterocycles. The van der Waals surface area contributed by atoms with Gasteiger partial charge in [-0.1, -0.05) is 12.1 Å². The van der Waals surface area contributed by atoms with Crippen molar-refractivity contribution < 1.29 is 14.2 Å². The molecule has 8 heteroatoms. The number of aromatic nitrogens is 4. The number of hydrogen-bond donors (Lipinski definition) is 0. The Morgan fingerprint density at radius 1 is 1.00 bits per heavy atom. The second kappa shape index (κ2) is 9.59. The summed E-state index contributed by atoms with van der Waals surface area (Å²) in [6.45, 7) is 3.59. The van der Waals surface area contributed by atoms with E-state index in [0.29, 0.717) is 13.0 Å². The average Bonchev–Trinajstić information content (AvgIpc) is 3.51. The van der Waals surface area contributed by atoms with Crippen LogP contribution >= 0.6 is 0 Å². The van der Waals surface area contributed by atoms with Gasteiger partial charge >= 0.3 is 0 Å². The fourth-order valence-electron chi connectivity index (χ4n) is 4.60. The molecule has 1 saturated heterocycles. The molecule has 8 nitrogen and oxygen atoms in total. The molecule has 1 aliphatic rings. The first-order chi connectivity index (χ1) is 16.7. The highest BCUT2D eigenvalue weighted by molar-refractivity contribution is 5.65. The van der Waals surface area contributed by atoms with Gasteiger partial charge in [0.2, 0.25) is 0 Å². The van der Waals surface area contributed by atoms with E-state index in [1.165, 1.54) is 5.56 Å². The van der Waals surface area contributed by atoms with E-state index in [1.54, 1.807) is 20.4 Å². The first-order valence-electron chi connectivity index (χ1n) is 11.6. The van der Waals surface area contributed by atoms with Crippen LogP contribution in [0.5, 0.6) is 17.2 Å². The van der Waals surface area contributed by atoms with Gasteiger partial charge < -0.3 is 19.1 Å². The van der Waals surface area contributed by atoms with Crippen molar-refractivity contribution in [2.24, 2.45) is 0 Å². The molecule has 34 heavy (non-hydrogen) atoms. The molecule has 4 aromatic rings. The van der Waals surface area contributed by atoms with Gasteiger partial charge in [0.15, 0.2) is 17.3 Å². The predicted molar refractivity (Wildman–Crippen MR) is 130 cm³/mol. The monoisotopic (exact) mass is 459 g/mol. The maximum Gasteiger partial charge on any atom is 0.198 e. The molecule has 2 aromatic carbocycles. The number of methoxy groups -OCH3 is 2. The Labute approximate surface area is 199 Å². The molecule has 0 bridgehead atoms. The molecule has 0 aliphatic carbocycles. The quantitative estimate of drug-likeness (QED) is 0.385. The zero-order chi connectivity index (χ0) is 23.5. The second-order valence-electron chi connectivity index (χ2n) is 8.30. The van der Waals surface area contributed by atoms with Gasteiger partial charge in [-0.15, -0.1) is 0 Å². The highest BCUT2D eigenvalue weighted by Crippen LogP contribution is 2.37. The van der Waals surface area contributed by atoms with Crippen LogP contribution in [0.4, 0.5) is 5.82 Å². The topological polar surface area (TPSA) is 74.0 Å². The van der Waals surface area contributed by atoms with Gasteiger partial charge in [-0.25, -0.2) is 14.5 Å². The van der Waals surface area contributed by atoms with E-state index in [-0.39, 0.29) is 6.04 Å². The average molecular weight is 460 g/mol. The van der Waals surface area contributed by atoms with Crippen molar-refractivity contribution in [1.29, 1.82) is 0 Å². The van der Waals surface area contributed by atoms with Gasteiger partial charge in [-0.2, -0.15) is 5.10 Å². The van der Waals surface area contributed by atoms with Crippen molar-refractivity contribution in [3.8, 4) is 17.2 Å². The maximum absolute atomic E-state index is 5.61. The van der Waals surface area contributed by atoms with Gasteiger partial charge in [0.05, 0.1) is 26.9 Å². The van der Waals surface area contributed by atoms with Crippen molar-refractivity contribution in [3.05, 3.63) is 71.8 Å². The molecular weight excluding hydrogens is 430 g/mol. The highest BCUT2D eigenvalue weighted by Gasteiger charge is 2.29. The molecule has 0 spiro atoms. The number of rotatable bonds is 8. The lowest BCUT2D eigenvalue weighted by atomic mass is 10.0. The molecule has 3 heterocycles. The molecule has 0 N–H and O–H groups in total. The number of anilines is 1. The second-order valence-corrected chi connectivity index (χ2v) is 8.30. The largest absolute Gasteiger partial charge is 0.497 e. The van der Waals surface area contributed by atoms with Crippen molar-refractivity contribution in [1.82, 2.24) is 19.6 Å². The van der Waals surface area contributed by atoms with Crippen LogP contribution < -0.4 is 19.1 Å². The van der Waals surface area contributed by atoms with Crippen molar-refractivity contribution in [2.45, 2.75) is 32.2 Å². The highest BCUT2D eigenvalue weighted by atomic mass is 16.5. The SMILES string of the molecule is CCOc1ccc(C2CCCN2c2nccn3nc(Cc4cc(OC)cc(OC)c4)nc23)cc1. The van der Waals surface area contributed by atoms with E-state index >= 15 is 0 Å². The Morgan fingerprint density at radius 2 is 1.76 bits per heavy atom. The minimum atomic E-state index is 0.247. The van der Waals surface area contributed by atoms with E-state index in [0.717, 1.165) is 59.5 Å². The lowest BCUT2D eigenvalue weighted by Crippen LogP contribution is -2.24. The minimum absolute atomic E-state index is 0.247. The molecule has 0 saturated carbocycles. The summed E-state index contributed by atoms with van der Waals surface area (Å²) in [5, 5.41) is 4.72. The summed E-state index contributed by atoms with van der Waals surface area (Å²) in [6.07, 6.45) is 6.38. The normalized spacial score (nSPS) is 15.6. The summed E-state index contributed by atoms with van der Waals surface area (Å²) in [7, 11) is 3.30. The number of ether oxygens (including phenoxy) is 3. The number of fused-ring (bicyclic) bond motifs is 1. The van der Waals surface area contributed by atoms with Crippen LogP contribution in [-0.2, 0) is 6.42 Å². The Bertz CT molecular complexity index is 1250. The Hall–Kier alpha value is -3.81. The first kappa shape index (κ1) is 22.0. The fraction of sp³-hybridized carbons (Fsp3) is 0.346. The molecule has 1 fully saturated rings. The van der Waals surface area contributed by atoms with Gasteiger partial charge in [0, 0.05) is 31.4 Å². The maximum atomic E-state index is 5.61. The van der Waals surface area contributed by atoms with Gasteiger partial charge in [0.25, 0.3) is 0 Å². The number of hydrogen-bond acceptors (Lipinski definition) is 7. The zero-order valence-corrected chi connectivity index (χ0v) is 19.8. The van der Waals surface area contributed by atoms with Crippen molar-refractivity contribution in [2.75, 3.05) is 32.3 Å². The Morgan fingerprint density at radius 3 is 2.47 bits per heavy atom. The first-order valence-corrected chi connectivity index (χ1v) is 11.6. The van der Waals surface area contributed by atoms with Crippen LogP contribution in [0, 0.1) is 0 Å². The summed E-state index contributed by atoms with van der Waals surface area (Å²) in [5.74, 6) is 3.97. The number of benzene rings is 2. The van der Waals surface area contributed by atoms with Crippen molar-refractivity contribution in [3.63, 3.8) is 0 Å². The van der Waals surface area contributed by atoms with Crippen LogP contribution in [0.15, 0.2) is 54.9 Å². The lowest BCUT2D eigenvalue weighted by Gasteiger charge is -2.26. The lowest BCUT2D eigenvalue weighted by molar-refractivity contribution is 0.340. The van der Waals surface area contributed by atoms with E-state index in [2.05, 4.69) is 17.0 Å². The zero-order valence-electron chi connectivity index (χ0n) is 19.8. The van der Waals surface area contributed by atoms with Crippen LogP contribution in [0.1, 0.15) is 42.8 Å². The molecule has 0 radical (unpaired) electrons. The third kappa shape index (κ3) is 4.35.